The minimum Gasteiger partial charge on any atom is -0.224 e. The third kappa shape index (κ3) is 3.36. The minimum atomic E-state index is -4.49. The van der Waals surface area contributed by atoms with Crippen molar-refractivity contribution in [3.63, 3.8) is 0 Å². The SMILES string of the molecule is COOOSc1c(F)c(F)c(S(C)(=O)=O)c(F)c1F. The smallest absolute Gasteiger partial charge is 0.181 e. The zero-order valence-electron chi connectivity index (χ0n) is 9.37. The van der Waals surface area contributed by atoms with Gasteiger partial charge in [0.05, 0.1) is 19.2 Å². The van der Waals surface area contributed by atoms with Crippen LogP contribution < -0.4 is 0 Å². The van der Waals surface area contributed by atoms with Gasteiger partial charge in [-0.25, -0.2) is 30.9 Å². The van der Waals surface area contributed by atoms with E-state index in [9.17, 15) is 26.0 Å². The van der Waals surface area contributed by atoms with Crippen LogP contribution in [0.15, 0.2) is 9.79 Å². The van der Waals surface area contributed by atoms with Crippen LogP contribution >= 0.6 is 12.0 Å². The number of halogens is 4. The summed E-state index contributed by atoms with van der Waals surface area (Å²) >= 11 is -0.226. The molecule has 0 radical (unpaired) electrons. The second-order valence-electron chi connectivity index (χ2n) is 3.07. The quantitative estimate of drug-likeness (QED) is 0.207. The molecule has 1 rings (SSSR count). The van der Waals surface area contributed by atoms with Crippen molar-refractivity contribution in [2.45, 2.75) is 9.79 Å². The Labute approximate surface area is 109 Å². The predicted octanol–water partition coefficient (Wildman–Crippen LogP) is 2.16. The summed E-state index contributed by atoms with van der Waals surface area (Å²) in [5, 5.41) is 3.79. The van der Waals surface area contributed by atoms with Crippen LogP contribution in [0.3, 0.4) is 0 Å². The van der Waals surface area contributed by atoms with Crippen LogP contribution in [-0.2, 0) is 24.1 Å². The van der Waals surface area contributed by atoms with E-state index in [4.69, 9.17) is 0 Å². The Morgan fingerprint density at radius 1 is 1.00 bits per heavy atom. The molecular weight excluding hydrogens is 316 g/mol. The number of sulfone groups is 1. The van der Waals surface area contributed by atoms with Gasteiger partial charge in [0, 0.05) is 6.26 Å². The maximum Gasteiger partial charge on any atom is 0.181 e. The summed E-state index contributed by atoms with van der Waals surface area (Å²) < 4.78 is 79.8. The number of hydrogen-bond acceptors (Lipinski definition) is 6. The Balaban J connectivity index is 3.40. The van der Waals surface area contributed by atoms with E-state index in [-0.39, 0.29) is 12.0 Å². The lowest BCUT2D eigenvalue weighted by atomic mass is 10.3. The Morgan fingerprint density at radius 2 is 1.47 bits per heavy atom. The molecule has 5 nitrogen and oxygen atoms in total. The molecule has 0 bridgehead atoms. The van der Waals surface area contributed by atoms with Gasteiger partial charge in [0.2, 0.25) is 0 Å². The lowest BCUT2D eigenvalue weighted by molar-refractivity contribution is -0.447. The lowest BCUT2D eigenvalue weighted by Gasteiger charge is -2.09. The van der Waals surface area contributed by atoms with Crippen molar-refractivity contribution in [1.29, 1.82) is 0 Å². The highest BCUT2D eigenvalue weighted by Crippen LogP contribution is 2.33. The fourth-order valence-electron chi connectivity index (χ4n) is 1.07. The van der Waals surface area contributed by atoms with Gasteiger partial charge in [0.25, 0.3) is 0 Å². The summed E-state index contributed by atoms with van der Waals surface area (Å²) in [5.74, 6) is -7.96. The van der Waals surface area contributed by atoms with Crippen molar-refractivity contribution in [1.82, 2.24) is 0 Å². The predicted molar refractivity (Wildman–Crippen MR) is 54.4 cm³/mol. The summed E-state index contributed by atoms with van der Waals surface area (Å²) in [4.78, 5) is 0.965. The van der Waals surface area contributed by atoms with E-state index in [1.807, 2.05) is 0 Å². The van der Waals surface area contributed by atoms with Gasteiger partial charge < -0.3 is 0 Å². The second kappa shape index (κ2) is 6.05. The molecule has 0 unspecified atom stereocenters. The molecule has 11 heteroatoms. The molecule has 0 spiro atoms. The van der Waals surface area contributed by atoms with Crippen molar-refractivity contribution in [3.8, 4) is 0 Å². The van der Waals surface area contributed by atoms with Crippen molar-refractivity contribution >= 4 is 21.9 Å². The van der Waals surface area contributed by atoms with Crippen molar-refractivity contribution in [2.24, 2.45) is 0 Å². The maximum atomic E-state index is 13.4. The third-order valence-electron chi connectivity index (χ3n) is 1.77. The minimum absolute atomic E-state index is 0.226. The van der Waals surface area contributed by atoms with Gasteiger partial charge in [-0.05, 0) is 0 Å². The number of benzene rings is 1. The summed E-state index contributed by atoms with van der Waals surface area (Å²) in [7, 11) is -3.49. The summed E-state index contributed by atoms with van der Waals surface area (Å²) in [6, 6.07) is 0. The molecule has 1 aromatic rings. The molecule has 0 saturated heterocycles. The second-order valence-corrected chi connectivity index (χ2v) is 5.74. The lowest BCUT2D eigenvalue weighted by Crippen LogP contribution is -2.10. The van der Waals surface area contributed by atoms with Crippen molar-refractivity contribution < 1.29 is 40.2 Å². The van der Waals surface area contributed by atoms with Crippen LogP contribution in [0.5, 0.6) is 0 Å². The molecule has 1 aromatic carbocycles. The highest BCUT2D eigenvalue weighted by Gasteiger charge is 2.31. The standard InChI is InChI=1S/C8H6F4O5S2/c1-15-16-17-18-7-3(9)5(11)8(19(2,13)14)6(12)4(7)10/h1-2H3. The molecule has 0 saturated carbocycles. The Hall–Kier alpha value is -0.880. The fraction of sp³-hybridized carbons (Fsp3) is 0.250. The molecule has 0 atom stereocenters. The van der Waals surface area contributed by atoms with E-state index in [2.05, 4.69) is 14.3 Å². The monoisotopic (exact) mass is 322 g/mol. The van der Waals surface area contributed by atoms with Crippen LogP contribution in [0.4, 0.5) is 17.6 Å². The average molecular weight is 322 g/mol. The molecule has 0 aliphatic rings. The van der Waals surface area contributed by atoms with Gasteiger partial charge in [0.1, 0.15) is 9.79 Å². The maximum absolute atomic E-state index is 13.4. The molecule has 0 heterocycles. The van der Waals surface area contributed by atoms with Gasteiger partial charge >= 0.3 is 0 Å². The molecular formula is C8H6F4O5S2. The zero-order valence-corrected chi connectivity index (χ0v) is 11.0. The normalized spacial score (nSPS) is 11.9. The van der Waals surface area contributed by atoms with Gasteiger partial charge in [-0.1, -0.05) is 5.04 Å². The van der Waals surface area contributed by atoms with E-state index in [0.29, 0.717) is 6.26 Å². The van der Waals surface area contributed by atoms with E-state index < -0.39 is 42.9 Å². The van der Waals surface area contributed by atoms with Crippen LogP contribution in [0.2, 0.25) is 0 Å². The third-order valence-corrected chi connectivity index (χ3v) is 3.52. The van der Waals surface area contributed by atoms with E-state index in [1.54, 1.807) is 0 Å². The molecule has 0 amide bonds. The first-order valence-electron chi connectivity index (χ1n) is 4.31. The topological polar surface area (TPSA) is 61.8 Å². The summed E-state index contributed by atoms with van der Waals surface area (Å²) in [6.45, 7) is 0. The van der Waals surface area contributed by atoms with Crippen LogP contribution in [0.1, 0.15) is 0 Å². The molecule has 0 N–H and O–H groups in total. The van der Waals surface area contributed by atoms with Gasteiger partial charge in [0.15, 0.2) is 33.1 Å². The molecule has 19 heavy (non-hydrogen) atoms. The molecule has 0 aromatic heterocycles. The van der Waals surface area contributed by atoms with E-state index in [0.717, 1.165) is 7.11 Å². The first-order valence-corrected chi connectivity index (χ1v) is 6.95. The number of rotatable bonds is 5. The molecule has 0 fully saturated rings. The van der Waals surface area contributed by atoms with Gasteiger partial charge in [-0.2, -0.15) is 0 Å². The molecule has 108 valence electrons. The molecule has 0 aliphatic heterocycles. The Kier molecular flexibility index (Phi) is 5.15. The number of hydrogen-bond donors (Lipinski definition) is 0. The highest BCUT2D eigenvalue weighted by atomic mass is 32.2. The van der Waals surface area contributed by atoms with Gasteiger partial charge in [-0.15, -0.1) is 4.33 Å². The first kappa shape index (κ1) is 16.2. The van der Waals surface area contributed by atoms with E-state index >= 15 is 0 Å². The van der Waals surface area contributed by atoms with Crippen LogP contribution in [-0.4, -0.2) is 21.8 Å². The van der Waals surface area contributed by atoms with Crippen LogP contribution in [0, 0.1) is 23.3 Å². The highest BCUT2D eigenvalue weighted by molar-refractivity contribution is 7.94. The van der Waals surface area contributed by atoms with Gasteiger partial charge in [-0.3, -0.25) is 0 Å². The van der Waals surface area contributed by atoms with Crippen molar-refractivity contribution in [3.05, 3.63) is 23.3 Å². The van der Waals surface area contributed by atoms with Crippen LogP contribution in [0.25, 0.3) is 0 Å². The Morgan fingerprint density at radius 3 is 1.84 bits per heavy atom. The first-order chi connectivity index (χ1) is 8.71. The summed E-state index contributed by atoms with van der Waals surface area (Å²) in [6.07, 6.45) is 0.407. The average Bonchev–Trinajstić information content (AvgIpc) is 2.29. The van der Waals surface area contributed by atoms with Crippen molar-refractivity contribution in [2.75, 3.05) is 13.4 Å². The van der Waals surface area contributed by atoms with E-state index in [1.165, 1.54) is 0 Å². The molecule has 0 aliphatic carbocycles. The fourth-order valence-corrected chi connectivity index (χ4v) is 2.37. The largest absolute Gasteiger partial charge is 0.224 e. The zero-order chi connectivity index (χ0) is 14.8. The Bertz CT molecular complexity index is 560. The summed E-state index contributed by atoms with van der Waals surface area (Å²) in [5.41, 5.74) is 0.